The molecular weight excluding hydrogens is 352 g/mol. The van der Waals surface area contributed by atoms with Crippen molar-refractivity contribution in [1.29, 1.82) is 0 Å². The molecule has 2 bridgehead atoms. The number of likely N-dealkylation sites (tertiary alicyclic amines) is 1. The summed E-state index contributed by atoms with van der Waals surface area (Å²) in [5.41, 5.74) is -1.81. The van der Waals surface area contributed by atoms with E-state index in [1.54, 1.807) is 6.92 Å². The molecule has 0 aromatic carbocycles. The van der Waals surface area contributed by atoms with E-state index in [9.17, 15) is 19.5 Å². The molecular formula is C19H30N2O6. The van der Waals surface area contributed by atoms with Crippen LogP contribution in [0.3, 0.4) is 0 Å². The van der Waals surface area contributed by atoms with Crippen molar-refractivity contribution >= 4 is 17.8 Å². The second kappa shape index (κ2) is 7.05. The quantitative estimate of drug-likeness (QED) is 0.611. The summed E-state index contributed by atoms with van der Waals surface area (Å²) in [7, 11) is 0. The van der Waals surface area contributed by atoms with Gasteiger partial charge in [-0.25, -0.2) is 0 Å². The summed E-state index contributed by atoms with van der Waals surface area (Å²) in [6.45, 7) is 7.36. The van der Waals surface area contributed by atoms with Crippen LogP contribution in [0.15, 0.2) is 0 Å². The van der Waals surface area contributed by atoms with Gasteiger partial charge in [0.2, 0.25) is 11.8 Å². The zero-order valence-corrected chi connectivity index (χ0v) is 16.5. The molecule has 0 saturated carbocycles. The van der Waals surface area contributed by atoms with Gasteiger partial charge in [0.05, 0.1) is 24.7 Å². The number of aliphatic hydroxyl groups is 1. The fourth-order valence-corrected chi connectivity index (χ4v) is 5.32. The Kier molecular flexibility index (Phi) is 5.24. The molecule has 152 valence electrons. The Morgan fingerprint density at radius 2 is 2.07 bits per heavy atom. The lowest BCUT2D eigenvalue weighted by atomic mass is 9.65. The molecule has 3 aliphatic rings. The predicted molar refractivity (Wildman–Crippen MR) is 95.6 cm³/mol. The summed E-state index contributed by atoms with van der Waals surface area (Å²) < 4.78 is 11.7. The van der Waals surface area contributed by atoms with Crippen LogP contribution in [0, 0.1) is 11.8 Å². The molecule has 3 heterocycles. The molecule has 0 aliphatic carbocycles. The van der Waals surface area contributed by atoms with Gasteiger partial charge in [-0.1, -0.05) is 6.92 Å². The smallest absolute Gasteiger partial charge is 0.312 e. The molecule has 3 saturated heterocycles. The van der Waals surface area contributed by atoms with E-state index in [0.717, 1.165) is 0 Å². The van der Waals surface area contributed by atoms with E-state index >= 15 is 0 Å². The predicted octanol–water partition coefficient (Wildman–Crippen LogP) is 0.221. The van der Waals surface area contributed by atoms with Crippen molar-refractivity contribution < 1.29 is 29.0 Å². The van der Waals surface area contributed by atoms with Gasteiger partial charge in [0.25, 0.3) is 0 Å². The molecule has 3 aliphatic heterocycles. The number of β-amino-alcohol motifs (C(OH)–C–C–N with tert-alkyl or cyclic N) is 1. The number of hydrogen-bond donors (Lipinski definition) is 2. The number of esters is 1. The standard InChI is InChI=1S/C19H30N2O6/c1-5-18-7-8-19(27-18)12(13(18)17(25)26-6-2)16(24)21(9-10-22)14(19)15(23)20-11(3)4/h11-14,22H,5-10H2,1-4H3,(H,20,23)/t12-,13+,14?,18-,19?/m0/s1. The summed E-state index contributed by atoms with van der Waals surface area (Å²) in [6, 6.07) is -0.948. The highest BCUT2D eigenvalue weighted by Gasteiger charge is 2.78. The number of rotatable bonds is 7. The monoisotopic (exact) mass is 382 g/mol. The van der Waals surface area contributed by atoms with E-state index in [1.165, 1.54) is 4.90 Å². The third-order valence-corrected chi connectivity index (χ3v) is 6.24. The van der Waals surface area contributed by atoms with Crippen molar-refractivity contribution in [2.45, 2.75) is 70.2 Å². The van der Waals surface area contributed by atoms with Crippen LogP contribution >= 0.6 is 0 Å². The Balaban J connectivity index is 2.06. The molecule has 2 amide bonds. The van der Waals surface area contributed by atoms with Crippen LogP contribution in [0.25, 0.3) is 0 Å². The van der Waals surface area contributed by atoms with E-state index in [-0.39, 0.29) is 37.6 Å². The van der Waals surface area contributed by atoms with Gasteiger partial charge >= 0.3 is 5.97 Å². The maximum Gasteiger partial charge on any atom is 0.312 e. The van der Waals surface area contributed by atoms with Gasteiger partial charge in [0.1, 0.15) is 17.6 Å². The molecule has 0 radical (unpaired) electrons. The molecule has 8 nitrogen and oxygen atoms in total. The van der Waals surface area contributed by atoms with E-state index in [0.29, 0.717) is 19.3 Å². The Labute approximate surface area is 159 Å². The van der Waals surface area contributed by atoms with E-state index in [4.69, 9.17) is 9.47 Å². The number of nitrogens with one attached hydrogen (secondary N) is 1. The van der Waals surface area contributed by atoms with Crippen LogP contribution < -0.4 is 5.32 Å². The van der Waals surface area contributed by atoms with Crippen molar-refractivity contribution in [3.63, 3.8) is 0 Å². The topological polar surface area (TPSA) is 105 Å². The van der Waals surface area contributed by atoms with Crippen LogP contribution in [0.1, 0.15) is 47.0 Å². The van der Waals surface area contributed by atoms with E-state index in [1.807, 2.05) is 20.8 Å². The van der Waals surface area contributed by atoms with Gasteiger partial charge in [-0.3, -0.25) is 14.4 Å². The highest BCUT2D eigenvalue weighted by atomic mass is 16.6. The summed E-state index contributed by atoms with van der Waals surface area (Å²) in [5.74, 6) is -2.51. The normalized spacial score (nSPS) is 37.0. The molecule has 0 aromatic rings. The van der Waals surface area contributed by atoms with Crippen LogP contribution in [-0.2, 0) is 23.9 Å². The SMILES string of the molecule is CCOC(=O)[C@H]1[C@H]2C(=O)N(CCO)C(C(=O)NC(C)C)C23CC[C@]1(CC)O3. The van der Waals surface area contributed by atoms with E-state index in [2.05, 4.69) is 5.32 Å². The minimum atomic E-state index is -1.04. The fraction of sp³-hybridized carbons (Fsp3) is 0.842. The number of carbonyl (C=O) groups excluding carboxylic acids is 3. The van der Waals surface area contributed by atoms with Crippen molar-refractivity contribution in [2.75, 3.05) is 19.8 Å². The molecule has 1 spiro atoms. The lowest BCUT2D eigenvalue weighted by Crippen LogP contribution is -2.56. The Bertz CT molecular complexity index is 638. The first-order valence-electron chi connectivity index (χ1n) is 9.86. The van der Waals surface area contributed by atoms with Gasteiger partial charge in [0.15, 0.2) is 0 Å². The van der Waals surface area contributed by atoms with Crippen molar-refractivity contribution in [3.05, 3.63) is 0 Å². The summed E-state index contributed by atoms with van der Waals surface area (Å²) in [5, 5.41) is 12.3. The Hall–Kier alpha value is -1.67. The molecule has 27 heavy (non-hydrogen) atoms. The molecule has 2 N–H and O–H groups in total. The number of carbonyl (C=O) groups is 3. The average molecular weight is 382 g/mol. The van der Waals surface area contributed by atoms with Gasteiger partial charge in [0, 0.05) is 12.6 Å². The average Bonchev–Trinajstić information content (AvgIpc) is 3.19. The second-order valence-electron chi connectivity index (χ2n) is 8.00. The summed E-state index contributed by atoms with van der Waals surface area (Å²) in [6.07, 6.45) is 1.71. The van der Waals surface area contributed by atoms with Crippen LogP contribution in [0.5, 0.6) is 0 Å². The minimum absolute atomic E-state index is 0.0330. The van der Waals surface area contributed by atoms with Gasteiger partial charge in [-0.2, -0.15) is 0 Å². The molecule has 2 unspecified atom stereocenters. The maximum absolute atomic E-state index is 13.3. The first-order chi connectivity index (χ1) is 12.8. The summed E-state index contributed by atoms with van der Waals surface area (Å²) >= 11 is 0. The molecule has 3 rings (SSSR count). The van der Waals surface area contributed by atoms with Crippen LogP contribution in [0.4, 0.5) is 0 Å². The van der Waals surface area contributed by atoms with E-state index < -0.39 is 35.0 Å². The minimum Gasteiger partial charge on any atom is -0.466 e. The van der Waals surface area contributed by atoms with Crippen LogP contribution in [-0.4, -0.2) is 70.8 Å². The Morgan fingerprint density at radius 1 is 1.37 bits per heavy atom. The zero-order valence-electron chi connectivity index (χ0n) is 16.5. The highest BCUT2D eigenvalue weighted by molar-refractivity contribution is 5.98. The Morgan fingerprint density at radius 3 is 2.63 bits per heavy atom. The second-order valence-corrected chi connectivity index (χ2v) is 8.00. The highest BCUT2D eigenvalue weighted by Crippen LogP contribution is 2.64. The molecule has 3 fully saturated rings. The van der Waals surface area contributed by atoms with Crippen molar-refractivity contribution in [1.82, 2.24) is 10.2 Å². The van der Waals surface area contributed by atoms with Gasteiger partial charge in [-0.05, 0) is 40.0 Å². The number of aliphatic hydroxyl groups excluding tert-OH is 1. The number of fused-ring (bicyclic) bond motifs is 1. The first kappa shape index (κ1) is 20.1. The maximum atomic E-state index is 13.3. The third kappa shape index (κ3) is 2.76. The molecule has 5 atom stereocenters. The number of amides is 2. The summed E-state index contributed by atoms with van der Waals surface area (Å²) in [4.78, 5) is 40.5. The zero-order chi connectivity index (χ0) is 20.0. The largest absolute Gasteiger partial charge is 0.466 e. The first-order valence-corrected chi connectivity index (χ1v) is 9.86. The van der Waals surface area contributed by atoms with Gasteiger partial charge in [-0.15, -0.1) is 0 Å². The number of hydrogen-bond acceptors (Lipinski definition) is 6. The number of ether oxygens (including phenoxy) is 2. The third-order valence-electron chi connectivity index (χ3n) is 6.24. The number of nitrogens with zero attached hydrogens (tertiary/aromatic N) is 1. The van der Waals surface area contributed by atoms with Gasteiger partial charge < -0.3 is 24.8 Å². The fourth-order valence-electron chi connectivity index (χ4n) is 5.32. The molecule has 0 aromatic heterocycles. The van der Waals surface area contributed by atoms with Crippen LogP contribution in [0.2, 0.25) is 0 Å². The lowest BCUT2D eigenvalue weighted by molar-refractivity contribution is -0.160. The van der Waals surface area contributed by atoms with Crippen molar-refractivity contribution in [2.24, 2.45) is 11.8 Å². The molecule has 8 heteroatoms. The lowest BCUT2D eigenvalue weighted by Gasteiger charge is -2.33. The van der Waals surface area contributed by atoms with Crippen molar-refractivity contribution in [3.8, 4) is 0 Å².